The highest BCUT2D eigenvalue weighted by molar-refractivity contribution is 7.93. The van der Waals surface area contributed by atoms with E-state index in [1.54, 1.807) is 23.6 Å². The predicted octanol–water partition coefficient (Wildman–Crippen LogP) is 2.96. The van der Waals surface area contributed by atoms with Gasteiger partial charge in [0, 0.05) is 17.0 Å². The molecule has 2 N–H and O–H groups in total. The summed E-state index contributed by atoms with van der Waals surface area (Å²) < 4.78 is 43.7. The van der Waals surface area contributed by atoms with Gasteiger partial charge in [-0.15, -0.1) is 11.3 Å². The van der Waals surface area contributed by atoms with Crippen LogP contribution < -0.4 is 24.2 Å². The average molecular weight is 447 g/mol. The number of benzene rings is 2. The number of nitrogens with zero attached hydrogens (tertiary/aromatic N) is 1. The number of rotatable bonds is 6. The molecule has 0 atom stereocenters. The Morgan fingerprint density at radius 2 is 2.00 bits per heavy atom. The van der Waals surface area contributed by atoms with Crippen LogP contribution in [0.4, 0.5) is 10.8 Å². The van der Waals surface area contributed by atoms with Gasteiger partial charge in [-0.25, -0.2) is 13.4 Å². The molecule has 0 unspecified atom stereocenters. The smallest absolute Gasteiger partial charge is 0.267 e. The van der Waals surface area contributed by atoms with E-state index in [2.05, 4.69) is 15.0 Å². The monoisotopic (exact) mass is 447 g/mol. The maximum Gasteiger partial charge on any atom is 0.267 e. The largest absolute Gasteiger partial charge is 0.497 e. The van der Waals surface area contributed by atoms with E-state index in [0.29, 0.717) is 28.4 Å². The van der Waals surface area contributed by atoms with Crippen LogP contribution in [-0.4, -0.2) is 40.1 Å². The number of aromatic nitrogens is 1. The first-order valence-electron chi connectivity index (χ1n) is 8.67. The van der Waals surface area contributed by atoms with E-state index in [0.717, 1.165) is 11.3 Å². The van der Waals surface area contributed by atoms with Crippen LogP contribution in [-0.2, 0) is 14.8 Å². The van der Waals surface area contributed by atoms with Crippen LogP contribution in [0.1, 0.15) is 0 Å². The maximum absolute atomic E-state index is 12.8. The van der Waals surface area contributed by atoms with Crippen molar-refractivity contribution in [3.05, 3.63) is 41.8 Å². The van der Waals surface area contributed by atoms with Gasteiger partial charge < -0.3 is 19.5 Å². The summed E-state index contributed by atoms with van der Waals surface area (Å²) in [5.41, 5.74) is 1.81. The number of hydrogen-bond acceptors (Lipinski definition) is 8. The van der Waals surface area contributed by atoms with Crippen molar-refractivity contribution in [2.45, 2.75) is 4.90 Å². The molecule has 156 valence electrons. The lowest BCUT2D eigenvalue weighted by molar-refractivity contribution is -0.118. The van der Waals surface area contributed by atoms with Crippen molar-refractivity contribution in [1.29, 1.82) is 0 Å². The molecule has 11 heteroatoms. The number of amides is 1. The number of carbonyl (C=O) groups excluding carboxylic acids is 1. The molecular formula is C19H17N3O6S2. The molecule has 30 heavy (non-hydrogen) atoms. The number of anilines is 2. The molecule has 1 aromatic heterocycles. The van der Waals surface area contributed by atoms with Crippen LogP contribution in [0.3, 0.4) is 0 Å². The fourth-order valence-corrected chi connectivity index (χ4v) is 4.99. The number of fused-ring (bicyclic) bond motifs is 1. The summed E-state index contributed by atoms with van der Waals surface area (Å²) in [6, 6.07) is 9.68. The van der Waals surface area contributed by atoms with Gasteiger partial charge >= 0.3 is 0 Å². The Kier molecular flexibility index (Phi) is 5.22. The molecule has 0 spiro atoms. The van der Waals surface area contributed by atoms with Gasteiger partial charge in [0.05, 0.1) is 25.6 Å². The summed E-state index contributed by atoms with van der Waals surface area (Å²) in [6.07, 6.45) is 0. The van der Waals surface area contributed by atoms with E-state index in [1.807, 2.05) is 0 Å². The molecule has 0 bridgehead atoms. The lowest BCUT2D eigenvalue weighted by atomic mass is 10.1. The minimum Gasteiger partial charge on any atom is -0.497 e. The first-order valence-corrected chi connectivity index (χ1v) is 11.0. The molecule has 3 aromatic rings. The summed E-state index contributed by atoms with van der Waals surface area (Å²) in [5, 5.41) is 4.65. The predicted molar refractivity (Wildman–Crippen MR) is 112 cm³/mol. The van der Waals surface area contributed by atoms with Crippen molar-refractivity contribution < 1.29 is 27.4 Å². The number of methoxy groups -OCH3 is 2. The zero-order valence-electron chi connectivity index (χ0n) is 16.0. The molecule has 0 saturated carbocycles. The fourth-order valence-electron chi connectivity index (χ4n) is 2.86. The van der Waals surface area contributed by atoms with Crippen LogP contribution >= 0.6 is 11.3 Å². The fraction of sp³-hybridized carbons (Fsp3) is 0.158. The van der Waals surface area contributed by atoms with Gasteiger partial charge in [0.2, 0.25) is 0 Å². The van der Waals surface area contributed by atoms with E-state index in [4.69, 9.17) is 14.2 Å². The number of carbonyl (C=O) groups is 1. The Bertz CT molecular complexity index is 1220. The lowest BCUT2D eigenvalue weighted by Crippen LogP contribution is -2.25. The molecule has 2 aromatic carbocycles. The van der Waals surface area contributed by atoms with Gasteiger partial charge in [-0.2, -0.15) is 0 Å². The first-order chi connectivity index (χ1) is 14.4. The van der Waals surface area contributed by atoms with Crippen molar-refractivity contribution in [2.24, 2.45) is 0 Å². The summed E-state index contributed by atoms with van der Waals surface area (Å²) in [7, 11) is -1.07. The third kappa shape index (κ3) is 3.89. The molecule has 0 radical (unpaired) electrons. The SMILES string of the molecule is COc1ccc(S(=O)(=O)Nc2nc(-c3ccc4c(c3)NC(=O)CO4)cs2)c(OC)c1. The van der Waals surface area contributed by atoms with Crippen molar-refractivity contribution in [3.8, 4) is 28.5 Å². The molecule has 0 fully saturated rings. The number of thiazole rings is 1. The van der Waals surface area contributed by atoms with Crippen LogP contribution in [0, 0.1) is 0 Å². The molecule has 1 aliphatic rings. The van der Waals surface area contributed by atoms with E-state index in [1.165, 1.54) is 32.4 Å². The lowest BCUT2D eigenvalue weighted by Gasteiger charge is -2.18. The second-order valence-corrected chi connectivity index (χ2v) is 8.72. The van der Waals surface area contributed by atoms with Gasteiger partial charge in [0.25, 0.3) is 15.9 Å². The van der Waals surface area contributed by atoms with Crippen LogP contribution in [0.5, 0.6) is 17.2 Å². The van der Waals surface area contributed by atoms with Crippen molar-refractivity contribution in [3.63, 3.8) is 0 Å². The molecule has 1 aliphatic heterocycles. The summed E-state index contributed by atoms with van der Waals surface area (Å²) in [6.45, 7) is -0.0240. The summed E-state index contributed by atoms with van der Waals surface area (Å²) in [5.74, 6) is 0.968. The zero-order chi connectivity index (χ0) is 21.3. The Labute approximate surface area is 176 Å². The van der Waals surface area contributed by atoms with E-state index in [-0.39, 0.29) is 28.3 Å². The maximum atomic E-state index is 12.8. The average Bonchev–Trinajstić information content (AvgIpc) is 3.20. The van der Waals surface area contributed by atoms with Crippen molar-refractivity contribution in [1.82, 2.24) is 4.98 Å². The number of hydrogen-bond donors (Lipinski definition) is 2. The minimum atomic E-state index is -3.93. The second kappa shape index (κ2) is 7.84. The number of nitrogens with one attached hydrogen (secondary N) is 2. The standard InChI is InChI=1S/C19H17N3O6S2/c1-26-12-4-6-17(16(8-12)27-2)30(24,25)22-19-21-14(10-29-19)11-3-5-15-13(7-11)20-18(23)9-28-15/h3-8,10H,9H2,1-2H3,(H,20,23)(H,21,22). The van der Waals surface area contributed by atoms with E-state index < -0.39 is 10.0 Å². The normalized spacial score (nSPS) is 13.1. The quantitative estimate of drug-likeness (QED) is 0.597. The Balaban J connectivity index is 1.59. The van der Waals surface area contributed by atoms with Gasteiger partial charge in [0.15, 0.2) is 11.7 Å². The third-order valence-corrected chi connectivity index (χ3v) is 6.56. The van der Waals surface area contributed by atoms with Gasteiger partial charge in [0.1, 0.15) is 22.1 Å². The number of sulfonamides is 1. The summed E-state index contributed by atoms with van der Waals surface area (Å²) in [4.78, 5) is 15.8. The van der Waals surface area contributed by atoms with Gasteiger partial charge in [-0.3, -0.25) is 9.52 Å². The third-order valence-electron chi connectivity index (χ3n) is 4.29. The molecule has 9 nitrogen and oxygen atoms in total. The second-order valence-electron chi connectivity index (χ2n) is 6.21. The topological polar surface area (TPSA) is 116 Å². The minimum absolute atomic E-state index is 0.0240. The zero-order valence-corrected chi connectivity index (χ0v) is 17.6. The molecule has 0 saturated heterocycles. The molecule has 0 aliphatic carbocycles. The highest BCUT2D eigenvalue weighted by Crippen LogP contribution is 2.35. The number of ether oxygens (including phenoxy) is 3. The van der Waals surface area contributed by atoms with Crippen LogP contribution in [0.2, 0.25) is 0 Å². The van der Waals surface area contributed by atoms with Crippen molar-refractivity contribution >= 4 is 38.1 Å². The Morgan fingerprint density at radius 3 is 2.77 bits per heavy atom. The van der Waals surface area contributed by atoms with Crippen molar-refractivity contribution in [2.75, 3.05) is 30.9 Å². The Hall–Kier alpha value is -3.31. The van der Waals surface area contributed by atoms with Gasteiger partial charge in [-0.05, 0) is 30.3 Å². The highest BCUT2D eigenvalue weighted by atomic mass is 32.2. The highest BCUT2D eigenvalue weighted by Gasteiger charge is 2.22. The Morgan fingerprint density at radius 1 is 1.17 bits per heavy atom. The molecular weight excluding hydrogens is 430 g/mol. The molecule has 2 heterocycles. The van der Waals surface area contributed by atoms with E-state index >= 15 is 0 Å². The molecule has 1 amide bonds. The van der Waals surface area contributed by atoms with Crippen LogP contribution in [0.25, 0.3) is 11.3 Å². The first kappa shape index (κ1) is 20.0. The van der Waals surface area contributed by atoms with E-state index in [9.17, 15) is 13.2 Å². The van der Waals surface area contributed by atoms with Gasteiger partial charge in [-0.1, -0.05) is 0 Å². The molecule has 4 rings (SSSR count). The van der Waals surface area contributed by atoms with Crippen LogP contribution in [0.15, 0.2) is 46.7 Å². The summed E-state index contributed by atoms with van der Waals surface area (Å²) >= 11 is 1.14.